The van der Waals surface area contributed by atoms with Crippen molar-refractivity contribution >= 4 is 0 Å². The Hall–Kier alpha value is -1.38. The fraction of sp³-hybridized carbons (Fsp3) is 0.400. The monoisotopic (exact) mass is 179 g/mol. The minimum absolute atomic E-state index is 0.0719. The summed E-state index contributed by atoms with van der Waals surface area (Å²) in [4.78, 5) is 9.94. The van der Waals surface area contributed by atoms with Gasteiger partial charge in [0.1, 0.15) is 0 Å². The number of hydrogen-bond acceptors (Lipinski definition) is 2. The Morgan fingerprint density at radius 1 is 1.38 bits per heavy atom. The SMILES string of the molecule is CCCc1cccc(C[N+](=O)[O-])c1. The second kappa shape index (κ2) is 4.60. The predicted molar refractivity (Wildman–Crippen MR) is 51.1 cm³/mol. The van der Waals surface area contributed by atoms with Gasteiger partial charge < -0.3 is 0 Å². The van der Waals surface area contributed by atoms with Crippen molar-refractivity contribution in [1.82, 2.24) is 0 Å². The lowest BCUT2D eigenvalue weighted by molar-refractivity contribution is -0.496. The fourth-order valence-electron chi connectivity index (χ4n) is 1.32. The second-order valence-electron chi connectivity index (χ2n) is 3.06. The molecule has 1 aromatic carbocycles. The van der Waals surface area contributed by atoms with Crippen LogP contribution in [0.15, 0.2) is 24.3 Å². The molecule has 0 saturated carbocycles. The summed E-state index contributed by atoms with van der Waals surface area (Å²) in [5, 5.41) is 10.2. The molecule has 0 amide bonds. The van der Waals surface area contributed by atoms with E-state index >= 15 is 0 Å². The minimum atomic E-state index is -0.301. The quantitative estimate of drug-likeness (QED) is 0.526. The van der Waals surface area contributed by atoms with Gasteiger partial charge in [-0.25, -0.2) is 0 Å². The topological polar surface area (TPSA) is 43.1 Å². The zero-order chi connectivity index (χ0) is 9.68. The van der Waals surface area contributed by atoms with Crippen molar-refractivity contribution < 1.29 is 4.92 Å². The number of nitrogens with zero attached hydrogens (tertiary/aromatic N) is 1. The van der Waals surface area contributed by atoms with Gasteiger partial charge in [0.25, 0.3) is 0 Å². The first kappa shape index (κ1) is 9.71. The molecule has 0 radical (unpaired) electrons. The van der Waals surface area contributed by atoms with Crippen LogP contribution in [0.5, 0.6) is 0 Å². The van der Waals surface area contributed by atoms with Crippen molar-refractivity contribution in [3.05, 3.63) is 45.5 Å². The molecule has 0 spiro atoms. The Kier molecular flexibility index (Phi) is 3.43. The zero-order valence-corrected chi connectivity index (χ0v) is 7.69. The highest BCUT2D eigenvalue weighted by atomic mass is 16.6. The highest BCUT2D eigenvalue weighted by Gasteiger charge is 2.01. The van der Waals surface area contributed by atoms with Crippen LogP contribution >= 0.6 is 0 Å². The lowest BCUT2D eigenvalue weighted by atomic mass is 10.1. The molecule has 1 rings (SSSR count). The molecule has 0 aliphatic heterocycles. The molecule has 0 aliphatic carbocycles. The maximum absolute atomic E-state index is 10.2. The second-order valence-corrected chi connectivity index (χ2v) is 3.06. The lowest BCUT2D eigenvalue weighted by Crippen LogP contribution is -1.98. The molecule has 1 aromatic rings. The van der Waals surface area contributed by atoms with Gasteiger partial charge in [-0.05, 0) is 18.1 Å². The van der Waals surface area contributed by atoms with Gasteiger partial charge in [-0.1, -0.05) is 31.5 Å². The Morgan fingerprint density at radius 2 is 2.08 bits per heavy atom. The Balaban J connectivity index is 2.73. The van der Waals surface area contributed by atoms with Crippen molar-refractivity contribution in [2.75, 3.05) is 0 Å². The van der Waals surface area contributed by atoms with Crippen molar-refractivity contribution in [3.8, 4) is 0 Å². The molecule has 0 bridgehead atoms. The summed E-state index contributed by atoms with van der Waals surface area (Å²) < 4.78 is 0. The van der Waals surface area contributed by atoms with Gasteiger partial charge in [0.2, 0.25) is 6.54 Å². The van der Waals surface area contributed by atoms with E-state index < -0.39 is 0 Å². The molecule has 0 aromatic heterocycles. The average molecular weight is 179 g/mol. The van der Waals surface area contributed by atoms with E-state index in [0.717, 1.165) is 18.4 Å². The smallest absolute Gasteiger partial charge is 0.228 e. The first-order valence-electron chi connectivity index (χ1n) is 4.42. The maximum atomic E-state index is 10.2. The van der Waals surface area contributed by atoms with E-state index in [9.17, 15) is 10.1 Å². The number of benzene rings is 1. The summed E-state index contributed by atoms with van der Waals surface area (Å²) in [6, 6.07) is 7.59. The molecule has 70 valence electrons. The van der Waals surface area contributed by atoms with Gasteiger partial charge in [0.05, 0.1) is 0 Å². The summed E-state index contributed by atoms with van der Waals surface area (Å²) in [7, 11) is 0. The Bertz CT molecular complexity index is 297. The molecule has 0 atom stereocenters. The van der Waals surface area contributed by atoms with Gasteiger partial charge in [-0.3, -0.25) is 10.1 Å². The van der Waals surface area contributed by atoms with Crippen molar-refractivity contribution in [1.29, 1.82) is 0 Å². The first-order valence-corrected chi connectivity index (χ1v) is 4.42. The average Bonchev–Trinajstić information content (AvgIpc) is 2.04. The first-order chi connectivity index (χ1) is 6.22. The van der Waals surface area contributed by atoms with E-state index in [0.29, 0.717) is 0 Å². The normalized spacial score (nSPS) is 9.92. The summed E-state index contributed by atoms with van der Waals surface area (Å²) >= 11 is 0. The molecule has 0 saturated heterocycles. The van der Waals surface area contributed by atoms with Crippen LogP contribution in [0.2, 0.25) is 0 Å². The maximum Gasteiger partial charge on any atom is 0.228 e. The van der Waals surface area contributed by atoms with Gasteiger partial charge in [-0.15, -0.1) is 0 Å². The standard InChI is InChI=1S/C10H13NO2/c1-2-4-9-5-3-6-10(7-9)8-11(12)13/h3,5-7H,2,4,8H2,1H3. The zero-order valence-electron chi connectivity index (χ0n) is 7.69. The van der Waals surface area contributed by atoms with E-state index in [1.807, 2.05) is 18.2 Å². The van der Waals surface area contributed by atoms with Crippen LogP contribution < -0.4 is 0 Å². The molecule has 13 heavy (non-hydrogen) atoms. The molecule has 0 N–H and O–H groups in total. The molecular weight excluding hydrogens is 166 g/mol. The van der Waals surface area contributed by atoms with Crippen LogP contribution in [0.4, 0.5) is 0 Å². The Labute approximate surface area is 77.5 Å². The van der Waals surface area contributed by atoms with Crippen molar-refractivity contribution in [2.24, 2.45) is 0 Å². The van der Waals surface area contributed by atoms with Crippen LogP contribution in [0.3, 0.4) is 0 Å². The van der Waals surface area contributed by atoms with E-state index in [2.05, 4.69) is 6.92 Å². The number of aryl methyl sites for hydroxylation is 1. The molecule has 0 heterocycles. The summed E-state index contributed by atoms with van der Waals surface area (Å²) in [6.45, 7) is 2.03. The van der Waals surface area contributed by atoms with Crippen LogP contribution in [0.25, 0.3) is 0 Å². The molecule has 0 aliphatic rings. The van der Waals surface area contributed by atoms with Gasteiger partial charge in [0.15, 0.2) is 0 Å². The third kappa shape index (κ3) is 3.23. The van der Waals surface area contributed by atoms with E-state index in [1.165, 1.54) is 5.56 Å². The highest BCUT2D eigenvalue weighted by molar-refractivity contribution is 5.22. The lowest BCUT2D eigenvalue weighted by Gasteiger charge is -2.00. The van der Waals surface area contributed by atoms with Crippen molar-refractivity contribution in [2.45, 2.75) is 26.3 Å². The van der Waals surface area contributed by atoms with E-state index in [-0.39, 0.29) is 11.5 Å². The van der Waals surface area contributed by atoms with Crippen LogP contribution in [0.1, 0.15) is 24.5 Å². The van der Waals surface area contributed by atoms with Crippen molar-refractivity contribution in [3.63, 3.8) is 0 Å². The van der Waals surface area contributed by atoms with E-state index in [4.69, 9.17) is 0 Å². The molecule has 0 unspecified atom stereocenters. The van der Waals surface area contributed by atoms with Gasteiger partial charge in [-0.2, -0.15) is 0 Å². The third-order valence-electron chi connectivity index (χ3n) is 1.84. The minimum Gasteiger partial charge on any atom is -0.264 e. The molecular formula is C10H13NO2. The predicted octanol–water partition coefficient (Wildman–Crippen LogP) is 2.42. The van der Waals surface area contributed by atoms with E-state index in [1.54, 1.807) is 6.07 Å². The molecule has 0 fully saturated rings. The summed E-state index contributed by atoms with van der Waals surface area (Å²) in [5.41, 5.74) is 1.97. The number of rotatable bonds is 4. The fourth-order valence-corrected chi connectivity index (χ4v) is 1.32. The number of nitro groups is 1. The van der Waals surface area contributed by atoms with Crippen LogP contribution in [-0.2, 0) is 13.0 Å². The van der Waals surface area contributed by atoms with Gasteiger partial charge >= 0.3 is 0 Å². The summed E-state index contributed by atoms with van der Waals surface area (Å²) in [5.74, 6) is 0. The summed E-state index contributed by atoms with van der Waals surface area (Å²) in [6.07, 6.45) is 2.06. The number of hydrogen-bond donors (Lipinski definition) is 0. The molecule has 3 nitrogen and oxygen atoms in total. The van der Waals surface area contributed by atoms with Gasteiger partial charge in [0, 0.05) is 10.5 Å². The molecule has 3 heteroatoms. The third-order valence-corrected chi connectivity index (χ3v) is 1.84. The highest BCUT2D eigenvalue weighted by Crippen LogP contribution is 2.08. The van der Waals surface area contributed by atoms with Crippen LogP contribution in [-0.4, -0.2) is 4.92 Å². The Morgan fingerprint density at radius 3 is 2.69 bits per heavy atom. The van der Waals surface area contributed by atoms with Crippen LogP contribution in [0, 0.1) is 10.1 Å². The largest absolute Gasteiger partial charge is 0.264 e.